The van der Waals surface area contributed by atoms with Crippen LogP contribution in [0, 0.1) is 17.6 Å². The zero-order chi connectivity index (χ0) is 24.0. The van der Waals surface area contributed by atoms with Crippen LogP contribution in [0.2, 0.25) is 0 Å². The second-order valence-corrected chi connectivity index (χ2v) is 10.3. The van der Waals surface area contributed by atoms with Crippen molar-refractivity contribution >= 4 is 32.3 Å². The van der Waals surface area contributed by atoms with E-state index in [1.807, 2.05) is 0 Å². The van der Waals surface area contributed by atoms with E-state index in [-0.39, 0.29) is 60.4 Å². The zero-order valence-corrected chi connectivity index (χ0v) is 18.4. The second-order valence-electron chi connectivity index (χ2n) is 8.34. The molecular formula is C22H21F4N3O3S. The molecule has 2 aromatic carbocycles. The summed E-state index contributed by atoms with van der Waals surface area (Å²) >= 11 is 0. The van der Waals surface area contributed by atoms with Crippen molar-refractivity contribution in [1.82, 2.24) is 9.78 Å². The van der Waals surface area contributed by atoms with Gasteiger partial charge in [0.05, 0.1) is 0 Å². The minimum atomic E-state index is -3.88. The number of rotatable bonds is 5. The Kier molecular flexibility index (Phi) is 5.94. The molecule has 0 saturated heterocycles. The summed E-state index contributed by atoms with van der Waals surface area (Å²) in [6.07, 6.45) is 0.789. The van der Waals surface area contributed by atoms with Crippen LogP contribution in [0.1, 0.15) is 36.2 Å². The summed E-state index contributed by atoms with van der Waals surface area (Å²) in [5.41, 5.74) is -0.0109. The van der Waals surface area contributed by atoms with Crippen LogP contribution >= 0.6 is 0 Å². The average molecular weight is 483 g/mol. The van der Waals surface area contributed by atoms with Crippen molar-refractivity contribution in [3.05, 3.63) is 53.7 Å². The van der Waals surface area contributed by atoms with Gasteiger partial charge >= 0.3 is 0 Å². The number of nitrogens with zero attached hydrogens (tertiary/aromatic N) is 2. The van der Waals surface area contributed by atoms with Crippen molar-refractivity contribution in [2.75, 3.05) is 11.6 Å². The van der Waals surface area contributed by atoms with Crippen molar-refractivity contribution in [2.24, 2.45) is 5.92 Å². The quantitative estimate of drug-likeness (QED) is 0.529. The molecule has 4 rings (SSSR count). The van der Waals surface area contributed by atoms with Crippen LogP contribution in [0.25, 0.3) is 10.9 Å². The number of carbonyl (C=O) groups excluding carboxylic acids is 1. The van der Waals surface area contributed by atoms with Gasteiger partial charge in [-0.15, -0.1) is 0 Å². The number of sulfone groups is 1. The smallest absolute Gasteiger partial charge is 0.274 e. The minimum Gasteiger partial charge on any atom is -0.321 e. The van der Waals surface area contributed by atoms with Crippen LogP contribution in [0.4, 0.5) is 23.2 Å². The Labute approximate surface area is 187 Å². The first-order chi connectivity index (χ1) is 15.4. The largest absolute Gasteiger partial charge is 0.321 e. The molecule has 1 N–H and O–H groups in total. The van der Waals surface area contributed by atoms with Crippen molar-refractivity contribution < 1.29 is 30.8 Å². The third-order valence-electron chi connectivity index (χ3n) is 5.79. The van der Waals surface area contributed by atoms with E-state index < -0.39 is 38.2 Å². The van der Waals surface area contributed by atoms with Gasteiger partial charge in [0.25, 0.3) is 5.91 Å². The van der Waals surface area contributed by atoms with Gasteiger partial charge in [-0.05, 0) is 43.0 Å². The van der Waals surface area contributed by atoms with Gasteiger partial charge in [0.1, 0.15) is 21.9 Å². The lowest BCUT2D eigenvalue weighted by Gasteiger charge is -2.28. The minimum absolute atomic E-state index is 0.00654. The molecule has 0 unspecified atom stereocenters. The average Bonchev–Trinajstić information content (AvgIpc) is 3.09. The van der Waals surface area contributed by atoms with Crippen LogP contribution in [-0.2, 0) is 16.4 Å². The molecule has 176 valence electrons. The molecule has 1 fully saturated rings. The Morgan fingerprint density at radius 1 is 1.15 bits per heavy atom. The van der Waals surface area contributed by atoms with Gasteiger partial charge < -0.3 is 5.32 Å². The lowest BCUT2D eigenvalue weighted by atomic mass is 9.87. The van der Waals surface area contributed by atoms with Crippen LogP contribution in [0.5, 0.6) is 0 Å². The van der Waals surface area contributed by atoms with E-state index >= 15 is 0 Å². The molecule has 1 aliphatic carbocycles. The van der Waals surface area contributed by atoms with E-state index in [4.69, 9.17) is 0 Å². The van der Waals surface area contributed by atoms with Gasteiger partial charge in [-0.1, -0.05) is 12.1 Å². The highest BCUT2D eigenvalue weighted by Gasteiger charge is 2.35. The van der Waals surface area contributed by atoms with Gasteiger partial charge in [0.15, 0.2) is 15.7 Å². The molecule has 33 heavy (non-hydrogen) atoms. The van der Waals surface area contributed by atoms with Gasteiger partial charge in [-0.25, -0.2) is 26.0 Å². The van der Waals surface area contributed by atoms with Crippen LogP contribution in [0.3, 0.4) is 0 Å². The van der Waals surface area contributed by atoms with Crippen molar-refractivity contribution in [1.29, 1.82) is 0 Å². The van der Waals surface area contributed by atoms with Crippen LogP contribution < -0.4 is 5.32 Å². The molecule has 1 amide bonds. The SMILES string of the molecule is CS(=O)(=O)c1cc(NC(=O)c2c3cccc(F)c3nn2CC2CCC(F)(F)CC2)ccc1F. The van der Waals surface area contributed by atoms with E-state index in [9.17, 15) is 30.8 Å². The van der Waals surface area contributed by atoms with Crippen molar-refractivity contribution in [3.8, 4) is 0 Å². The Hall–Kier alpha value is -2.95. The molecule has 0 spiro atoms. The number of alkyl halides is 2. The van der Waals surface area contributed by atoms with Crippen LogP contribution in [-0.4, -0.2) is 36.3 Å². The molecule has 1 heterocycles. The van der Waals surface area contributed by atoms with E-state index in [1.54, 1.807) is 0 Å². The zero-order valence-electron chi connectivity index (χ0n) is 17.6. The Morgan fingerprint density at radius 2 is 1.85 bits per heavy atom. The summed E-state index contributed by atoms with van der Waals surface area (Å²) in [6, 6.07) is 7.24. The fourth-order valence-corrected chi connectivity index (χ4v) is 4.84. The molecule has 0 radical (unpaired) electrons. The molecule has 1 aromatic heterocycles. The summed E-state index contributed by atoms with van der Waals surface area (Å²) in [5, 5.41) is 6.95. The summed E-state index contributed by atoms with van der Waals surface area (Å²) in [5.74, 6) is -5.19. The lowest BCUT2D eigenvalue weighted by Crippen LogP contribution is -2.28. The fourth-order valence-electron chi connectivity index (χ4n) is 4.07. The van der Waals surface area contributed by atoms with Crippen molar-refractivity contribution in [2.45, 2.75) is 43.0 Å². The maximum atomic E-state index is 14.4. The Morgan fingerprint density at radius 3 is 2.52 bits per heavy atom. The maximum absolute atomic E-state index is 14.4. The molecule has 11 heteroatoms. The lowest BCUT2D eigenvalue weighted by molar-refractivity contribution is -0.0476. The van der Waals surface area contributed by atoms with Gasteiger partial charge in [0.2, 0.25) is 5.92 Å². The summed E-state index contributed by atoms with van der Waals surface area (Å²) in [6.45, 7) is 0.144. The van der Waals surface area contributed by atoms with E-state index in [0.717, 1.165) is 18.4 Å². The number of benzene rings is 2. The standard InChI is InChI=1S/C22H21F4N3O3S/c1-33(31,32)18-11-14(5-6-16(18)23)27-21(30)20-15-3-2-4-17(24)19(15)28-29(20)12-13-7-9-22(25,26)10-8-13/h2-6,11,13H,7-10,12H2,1H3,(H,27,30). The molecule has 1 aliphatic rings. The highest BCUT2D eigenvalue weighted by atomic mass is 32.2. The third-order valence-corrected chi connectivity index (χ3v) is 6.90. The van der Waals surface area contributed by atoms with E-state index in [0.29, 0.717) is 0 Å². The molecule has 0 bridgehead atoms. The number of carbonyl (C=O) groups is 1. The number of anilines is 1. The number of hydrogen-bond donors (Lipinski definition) is 1. The van der Waals surface area contributed by atoms with Gasteiger partial charge in [0, 0.05) is 36.7 Å². The fraction of sp³-hybridized carbons (Fsp3) is 0.364. The number of hydrogen-bond acceptors (Lipinski definition) is 4. The molecule has 0 atom stereocenters. The number of halogens is 4. The third kappa shape index (κ3) is 4.87. The first-order valence-corrected chi connectivity index (χ1v) is 12.2. The van der Waals surface area contributed by atoms with Crippen LogP contribution in [0.15, 0.2) is 41.3 Å². The highest BCUT2D eigenvalue weighted by molar-refractivity contribution is 7.90. The highest BCUT2D eigenvalue weighted by Crippen LogP contribution is 2.37. The monoisotopic (exact) mass is 483 g/mol. The first-order valence-electron chi connectivity index (χ1n) is 10.3. The van der Waals surface area contributed by atoms with Gasteiger partial charge in [-0.3, -0.25) is 9.48 Å². The van der Waals surface area contributed by atoms with Crippen molar-refractivity contribution in [3.63, 3.8) is 0 Å². The van der Waals surface area contributed by atoms with E-state index in [1.165, 1.54) is 28.9 Å². The predicted molar refractivity (Wildman–Crippen MR) is 114 cm³/mol. The Bertz CT molecular complexity index is 1330. The van der Waals surface area contributed by atoms with E-state index in [2.05, 4.69) is 10.4 Å². The summed E-state index contributed by atoms with van der Waals surface area (Å²) < 4.78 is 80.2. The maximum Gasteiger partial charge on any atom is 0.274 e. The summed E-state index contributed by atoms with van der Waals surface area (Å²) in [4.78, 5) is 12.6. The molecule has 6 nitrogen and oxygen atoms in total. The summed E-state index contributed by atoms with van der Waals surface area (Å²) in [7, 11) is -3.88. The predicted octanol–water partition coefficient (Wildman–Crippen LogP) is 4.80. The second kappa shape index (κ2) is 8.44. The number of amides is 1. The number of aromatic nitrogens is 2. The molecular weight excluding hydrogens is 462 g/mol. The molecule has 3 aromatic rings. The normalized spacial score (nSPS) is 16.8. The molecule has 0 aliphatic heterocycles. The van der Waals surface area contributed by atoms with Gasteiger partial charge in [-0.2, -0.15) is 5.10 Å². The Balaban J connectivity index is 1.68. The first kappa shape index (κ1) is 23.2. The number of nitrogens with one attached hydrogen (secondary N) is 1. The topological polar surface area (TPSA) is 81.1 Å². The number of fused-ring (bicyclic) bond motifs is 1. The molecule has 1 saturated carbocycles.